The van der Waals surface area contributed by atoms with E-state index in [-0.39, 0.29) is 0 Å². The molecule has 0 bridgehead atoms. The molecule has 0 saturated carbocycles. The van der Waals surface area contributed by atoms with Crippen LogP contribution in [0.2, 0.25) is 0 Å². The lowest BCUT2D eigenvalue weighted by Crippen LogP contribution is -2.23. The van der Waals surface area contributed by atoms with Crippen molar-refractivity contribution in [1.29, 1.82) is 0 Å². The second-order valence-electron chi connectivity index (χ2n) is 5.08. The zero-order valence-corrected chi connectivity index (χ0v) is 12.1. The molecule has 1 aliphatic rings. The van der Waals surface area contributed by atoms with Gasteiger partial charge in [-0.25, -0.2) is 9.97 Å². The summed E-state index contributed by atoms with van der Waals surface area (Å²) in [6.07, 6.45) is 1.16. The van der Waals surface area contributed by atoms with Gasteiger partial charge in [-0.2, -0.15) is 0 Å². The van der Waals surface area contributed by atoms with Crippen molar-refractivity contribution in [1.82, 2.24) is 9.97 Å². The first-order valence-corrected chi connectivity index (χ1v) is 6.83. The molecule has 106 valence electrons. The van der Waals surface area contributed by atoms with Gasteiger partial charge in [0.2, 0.25) is 0 Å². The Morgan fingerprint density at radius 3 is 2.89 bits per heavy atom. The summed E-state index contributed by atoms with van der Waals surface area (Å²) in [5.41, 5.74) is 1.03. The summed E-state index contributed by atoms with van der Waals surface area (Å²) in [4.78, 5) is 11.2. The summed E-state index contributed by atoms with van der Waals surface area (Å²) in [6, 6.07) is 2.06. The lowest BCUT2D eigenvalue weighted by molar-refractivity contribution is 0.0549. The Kier molecular flexibility index (Phi) is 5.10. The Hall–Kier alpha value is -1.20. The molecule has 5 nitrogen and oxygen atoms in total. The van der Waals surface area contributed by atoms with Crippen LogP contribution in [0.5, 0.6) is 0 Å². The number of methoxy groups -OCH3 is 1. The van der Waals surface area contributed by atoms with E-state index in [4.69, 9.17) is 9.47 Å². The Morgan fingerprint density at radius 1 is 1.32 bits per heavy atom. The molecule has 1 aromatic rings. The molecule has 2 heterocycles. The van der Waals surface area contributed by atoms with Gasteiger partial charge in [-0.3, -0.25) is 0 Å². The van der Waals surface area contributed by atoms with Crippen molar-refractivity contribution in [3.05, 3.63) is 17.6 Å². The molecule has 1 aliphatic heterocycles. The molecule has 1 unspecified atom stereocenters. The van der Waals surface area contributed by atoms with Crippen molar-refractivity contribution in [3.63, 3.8) is 0 Å². The van der Waals surface area contributed by atoms with Crippen molar-refractivity contribution in [2.45, 2.75) is 20.3 Å². The third-order valence-electron chi connectivity index (χ3n) is 3.35. The van der Waals surface area contributed by atoms with Gasteiger partial charge in [0.05, 0.1) is 19.8 Å². The van der Waals surface area contributed by atoms with Crippen LogP contribution in [0.1, 0.15) is 17.9 Å². The van der Waals surface area contributed by atoms with Crippen LogP contribution in [0.4, 0.5) is 5.82 Å². The predicted molar refractivity (Wildman–Crippen MR) is 74.5 cm³/mol. The zero-order chi connectivity index (χ0) is 13.7. The van der Waals surface area contributed by atoms with E-state index >= 15 is 0 Å². The van der Waals surface area contributed by atoms with Crippen molar-refractivity contribution < 1.29 is 9.47 Å². The topological polar surface area (TPSA) is 47.5 Å². The highest BCUT2D eigenvalue weighted by Gasteiger charge is 2.23. The van der Waals surface area contributed by atoms with Gasteiger partial charge in [0.1, 0.15) is 11.6 Å². The molecule has 1 aromatic heterocycles. The summed E-state index contributed by atoms with van der Waals surface area (Å²) < 4.78 is 10.6. The van der Waals surface area contributed by atoms with Gasteiger partial charge < -0.3 is 14.4 Å². The van der Waals surface area contributed by atoms with Crippen LogP contribution in [-0.2, 0) is 9.47 Å². The lowest BCUT2D eigenvalue weighted by Gasteiger charge is -2.18. The molecular formula is C14H23N3O2. The number of rotatable bonds is 6. The maximum atomic E-state index is 5.61. The van der Waals surface area contributed by atoms with Gasteiger partial charge >= 0.3 is 0 Å². The number of aromatic nitrogens is 2. The standard InChI is InChI=1S/C14H23N3O2/c1-11-8-14(16-12(2)15-11)17-5-4-13(9-17)10-19-7-6-18-3/h8,13H,4-7,9-10H2,1-3H3. The number of ether oxygens (including phenoxy) is 2. The molecule has 0 spiro atoms. The second-order valence-corrected chi connectivity index (χ2v) is 5.08. The van der Waals surface area contributed by atoms with E-state index in [0.29, 0.717) is 19.1 Å². The third-order valence-corrected chi connectivity index (χ3v) is 3.35. The summed E-state index contributed by atoms with van der Waals surface area (Å²) in [6.45, 7) is 8.18. The maximum Gasteiger partial charge on any atom is 0.132 e. The van der Waals surface area contributed by atoms with Gasteiger partial charge in [-0.1, -0.05) is 0 Å². The van der Waals surface area contributed by atoms with Crippen LogP contribution in [0.15, 0.2) is 6.07 Å². The van der Waals surface area contributed by atoms with E-state index in [1.165, 1.54) is 0 Å². The minimum atomic E-state index is 0.590. The Balaban J connectivity index is 1.84. The van der Waals surface area contributed by atoms with E-state index in [1.54, 1.807) is 7.11 Å². The van der Waals surface area contributed by atoms with E-state index in [0.717, 1.165) is 43.5 Å². The normalized spacial score (nSPS) is 19.1. The van der Waals surface area contributed by atoms with Gasteiger partial charge in [0.15, 0.2) is 0 Å². The van der Waals surface area contributed by atoms with Gasteiger partial charge in [-0.05, 0) is 20.3 Å². The van der Waals surface area contributed by atoms with Crippen LogP contribution in [0.3, 0.4) is 0 Å². The molecule has 19 heavy (non-hydrogen) atoms. The molecule has 2 rings (SSSR count). The van der Waals surface area contributed by atoms with Crippen molar-refractivity contribution >= 4 is 5.82 Å². The van der Waals surface area contributed by atoms with Gasteiger partial charge in [-0.15, -0.1) is 0 Å². The number of hydrogen-bond acceptors (Lipinski definition) is 5. The maximum absolute atomic E-state index is 5.61. The molecule has 0 radical (unpaired) electrons. The number of nitrogens with zero attached hydrogens (tertiary/aromatic N) is 3. The SMILES string of the molecule is COCCOCC1CCN(c2cc(C)nc(C)n2)C1. The fourth-order valence-corrected chi connectivity index (χ4v) is 2.43. The zero-order valence-electron chi connectivity index (χ0n) is 12.1. The average molecular weight is 265 g/mol. The molecule has 0 aromatic carbocycles. The average Bonchev–Trinajstić information content (AvgIpc) is 2.82. The summed E-state index contributed by atoms with van der Waals surface area (Å²) in [7, 11) is 1.69. The molecule has 1 fully saturated rings. The highest BCUT2D eigenvalue weighted by Crippen LogP contribution is 2.22. The quantitative estimate of drug-likeness (QED) is 0.731. The van der Waals surface area contributed by atoms with E-state index < -0.39 is 0 Å². The summed E-state index contributed by atoms with van der Waals surface area (Å²) in [5.74, 6) is 2.48. The van der Waals surface area contributed by atoms with E-state index in [2.05, 4.69) is 20.9 Å². The van der Waals surface area contributed by atoms with E-state index in [1.807, 2.05) is 13.8 Å². The van der Waals surface area contributed by atoms with E-state index in [9.17, 15) is 0 Å². The third kappa shape index (κ3) is 4.14. The summed E-state index contributed by atoms with van der Waals surface area (Å²) in [5, 5.41) is 0. The van der Waals surface area contributed by atoms with Crippen LogP contribution < -0.4 is 4.90 Å². The molecule has 1 saturated heterocycles. The lowest BCUT2D eigenvalue weighted by atomic mass is 10.1. The second kappa shape index (κ2) is 6.82. The fraction of sp³-hybridized carbons (Fsp3) is 0.714. The Labute approximate surface area is 115 Å². The minimum absolute atomic E-state index is 0.590. The molecule has 0 aliphatic carbocycles. The highest BCUT2D eigenvalue weighted by atomic mass is 16.5. The summed E-state index contributed by atoms with van der Waals surface area (Å²) >= 11 is 0. The van der Waals surface area contributed by atoms with Crippen LogP contribution in [-0.4, -0.2) is 50.0 Å². The molecule has 1 atom stereocenters. The molecule has 0 N–H and O–H groups in total. The van der Waals surface area contributed by atoms with Crippen molar-refractivity contribution in [3.8, 4) is 0 Å². The number of aryl methyl sites for hydroxylation is 2. The first-order chi connectivity index (χ1) is 9.19. The first-order valence-electron chi connectivity index (χ1n) is 6.83. The van der Waals surface area contributed by atoms with Gasteiger partial charge in [0, 0.05) is 37.9 Å². The van der Waals surface area contributed by atoms with Crippen LogP contribution >= 0.6 is 0 Å². The van der Waals surface area contributed by atoms with Crippen molar-refractivity contribution in [2.75, 3.05) is 44.9 Å². The monoisotopic (exact) mass is 265 g/mol. The number of hydrogen-bond donors (Lipinski definition) is 0. The molecule has 5 heteroatoms. The largest absolute Gasteiger partial charge is 0.382 e. The van der Waals surface area contributed by atoms with Crippen LogP contribution in [0, 0.1) is 19.8 Å². The highest BCUT2D eigenvalue weighted by molar-refractivity contribution is 5.40. The minimum Gasteiger partial charge on any atom is -0.382 e. The molecule has 0 amide bonds. The smallest absolute Gasteiger partial charge is 0.132 e. The number of anilines is 1. The Bertz CT molecular complexity index is 391. The Morgan fingerprint density at radius 2 is 2.16 bits per heavy atom. The first kappa shape index (κ1) is 14.2. The van der Waals surface area contributed by atoms with Crippen LogP contribution in [0.25, 0.3) is 0 Å². The van der Waals surface area contributed by atoms with Gasteiger partial charge in [0.25, 0.3) is 0 Å². The predicted octanol–water partition coefficient (Wildman–Crippen LogP) is 1.58. The van der Waals surface area contributed by atoms with Crippen molar-refractivity contribution in [2.24, 2.45) is 5.92 Å². The fourth-order valence-electron chi connectivity index (χ4n) is 2.43. The molecular weight excluding hydrogens is 242 g/mol.